The molecule has 0 fully saturated rings. The van der Waals surface area contributed by atoms with Gasteiger partial charge in [-0.05, 0) is 49.2 Å². The number of aryl methyl sites for hydroxylation is 1. The van der Waals surface area contributed by atoms with Gasteiger partial charge in [0.25, 0.3) is 5.56 Å². The summed E-state index contributed by atoms with van der Waals surface area (Å²) in [5, 5.41) is 1.77. The van der Waals surface area contributed by atoms with Crippen LogP contribution in [0.5, 0.6) is 5.75 Å². The molecule has 0 unspecified atom stereocenters. The second-order valence-corrected chi connectivity index (χ2v) is 7.75. The number of anilines is 1. The highest BCUT2D eigenvalue weighted by Crippen LogP contribution is 2.35. The van der Waals surface area contributed by atoms with Crippen LogP contribution in [-0.4, -0.2) is 11.2 Å². The van der Waals surface area contributed by atoms with Crippen molar-refractivity contribution in [2.45, 2.75) is 20.3 Å². The van der Waals surface area contributed by atoms with Gasteiger partial charge < -0.3 is 10.5 Å². The topological polar surface area (TPSA) is 57.2 Å². The first-order chi connectivity index (χ1) is 13.6. The predicted octanol–water partition coefficient (Wildman–Crippen LogP) is 4.93. The van der Waals surface area contributed by atoms with Gasteiger partial charge in [0.15, 0.2) is 0 Å². The number of nitrogens with two attached hydrogens (primary N) is 1. The van der Waals surface area contributed by atoms with Crippen LogP contribution in [0.15, 0.2) is 65.5 Å². The van der Waals surface area contributed by atoms with Gasteiger partial charge in [-0.3, -0.25) is 9.36 Å². The Bertz CT molecular complexity index is 1190. The summed E-state index contributed by atoms with van der Waals surface area (Å²) in [4.78, 5) is 13.5. The molecule has 2 aromatic heterocycles. The average Bonchev–Trinajstić information content (AvgIpc) is 3.00. The molecule has 4 rings (SSSR count). The van der Waals surface area contributed by atoms with Crippen molar-refractivity contribution in [2.75, 3.05) is 12.3 Å². The molecular formula is C23H22N2O2S. The Morgan fingerprint density at radius 1 is 1.07 bits per heavy atom. The summed E-state index contributed by atoms with van der Waals surface area (Å²) in [5.41, 5.74) is 10.5. The zero-order valence-electron chi connectivity index (χ0n) is 15.9. The highest BCUT2D eigenvalue weighted by molar-refractivity contribution is 7.22. The monoisotopic (exact) mass is 390 g/mol. The van der Waals surface area contributed by atoms with Crippen molar-refractivity contribution in [3.05, 3.63) is 87.7 Å². The number of benzene rings is 2. The fourth-order valence-electron chi connectivity index (χ4n) is 3.50. The number of thiophene rings is 1. The van der Waals surface area contributed by atoms with Gasteiger partial charge in [-0.25, -0.2) is 0 Å². The Balaban J connectivity index is 1.80. The maximum absolute atomic E-state index is 12.6. The van der Waals surface area contributed by atoms with Gasteiger partial charge in [-0.1, -0.05) is 41.7 Å². The number of para-hydroxylation sites is 1. The van der Waals surface area contributed by atoms with Crippen LogP contribution in [-0.2, 0) is 6.42 Å². The zero-order chi connectivity index (χ0) is 19.7. The van der Waals surface area contributed by atoms with Gasteiger partial charge in [0.05, 0.1) is 17.3 Å². The van der Waals surface area contributed by atoms with Gasteiger partial charge >= 0.3 is 0 Å². The highest BCUT2D eigenvalue weighted by atomic mass is 32.1. The fraction of sp³-hybridized carbons (Fsp3) is 0.174. The van der Waals surface area contributed by atoms with E-state index in [1.807, 2.05) is 49.4 Å². The molecule has 0 saturated carbocycles. The highest BCUT2D eigenvalue weighted by Gasteiger charge is 2.16. The van der Waals surface area contributed by atoms with Crippen molar-refractivity contribution in [3.63, 3.8) is 0 Å². The van der Waals surface area contributed by atoms with Crippen LogP contribution in [0.4, 0.5) is 5.00 Å². The molecule has 0 aliphatic carbocycles. The molecule has 2 aromatic carbocycles. The second kappa shape index (κ2) is 7.52. The first-order valence-electron chi connectivity index (χ1n) is 9.29. The van der Waals surface area contributed by atoms with Crippen LogP contribution in [0.3, 0.4) is 0 Å². The normalized spacial score (nSPS) is 11.1. The van der Waals surface area contributed by atoms with Crippen LogP contribution < -0.4 is 16.0 Å². The first kappa shape index (κ1) is 18.3. The van der Waals surface area contributed by atoms with Crippen molar-refractivity contribution in [1.82, 2.24) is 4.57 Å². The molecule has 0 bridgehead atoms. The predicted molar refractivity (Wildman–Crippen MR) is 117 cm³/mol. The number of aromatic nitrogens is 1. The number of hydrogen-bond donors (Lipinski definition) is 1. The van der Waals surface area contributed by atoms with E-state index in [9.17, 15) is 4.79 Å². The largest absolute Gasteiger partial charge is 0.494 e. The van der Waals surface area contributed by atoms with Gasteiger partial charge in [0, 0.05) is 23.4 Å². The van der Waals surface area contributed by atoms with Crippen molar-refractivity contribution < 1.29 is 4.74 Å². The molecule has 2 N–H and O–H groups in total. The maximum Gasteiger partial charge on any atom is 0.256 e. The quantitative estimate of drug-likeness (QED) is 0.525. The number of hydrogen-bond acceptors (Lipinski definition) is 4. The second-order valence-electron chi connectivity index (χ2n) is 6.72. The maximum atomic E-state index is 12.6. The molecule has 0 saturated heterocycles. The molecule has 5 heteroatoms. The number of nitrogen functional groups attached to an aromatic ring is 1. The third kappa shape index (κ3) is 3.29. The molecule has 4 aromatic rings. The van der Waals surface area contributed by atoms with E-state index in [0.717, 1.165) is 37.8 Å². The van der Waals surface area contributed by atoms with Crippen molar-refractivity contribution in [3.8, 4) is 11.4 Å². The molecule has 0 atom stereocenters. The van der Waals surface area contributed by atoms with Crippen LogP contribution >= 0.6 is 11.3 Å². The lowest BCUT2D eigenvalue weighted by atomic mass is 10.0. The standard InChI is InChI=1S/C23H22N2O2S/c1-3-27-20-11-9-16(13-15(20)2)14-19-18-10-12-21(26)25(23(18)28-22(19)24)17-7-5-4-6-8-17/h4-13H,3,14,24H2,1-2H3. The van der Waals surface area contributed by atoms with Crippen LogP contribution in [0.25, 0.3) is 15.9 Å². The molecular weight excluding hydrogens is 368 g/mol. The zero-order valence-corrected chi connectivity index (χ0v) is 16.8. The minimum atomic E-state index is -0.0524. The molecule has 0 spiro atoms. The number of nitrogens with zero attached hydrogens (tertiary/aromatic N) is 1. The van der Waals surface area contributed by atoms with E-state index in [1.54, 1.807) is 10.6 Å². The summed E-state index contributed by atoms with van der Waals surface area (Å²) < 4.78 is 7.38. The van der Waals surface area contributed by atoms with E-state index in [1.165, 1.54) is 16.9 Å². The SMILES string of the molecule is CCOc1ccc(Cc2c(N)sc3c2ccc(=O)n3-c2ccccc2)cc1C. The van der Waals surface area contributed by atoms with E-state index in [4.69, 9.17) is 10.5 Å². The Labute approximate surface area is 167 Å². The third-order valence-corrected chi connectivity index (χ3v) is 5.87. The van der Waals surface area contributed by atoms with Crippen LogP contribution in [0.2, 0.25) is 0 Å². The number of ether oxygens (including phenoxy) is 1. The van der Waals surface area contributed by atoms with E-state index >= 15 is 0 Å². The van der Waals surface area contributed by atoms with E-state index < -0.39 is 0 Å². The minimum Gasteiger partial charge on any atom is -0.494 e. The van der Waals surface area contributed by atoms with Crippen molar-refractivity contribution in [2.24, 2.45) is 0 Å². The summed E-state index contributed by atoms with van der Waals surface area (Å²) in [7, 11) is 0. The van der Waals surface area contributed by atoms with Gasteiger partial charge in [0.1, 0.15) is 10.6 Å². The Morgan fingerprint density at radius 2 is 1.86 bits per heavy atom. The van der Waals surface area contributed by atoms with Gasteiger partial charge in [-0.15, -0.1) is 0 Å². The molecule has 2 heterocycles. The smallest absolute Gasteiger partial charge is 0.256 e. The molecule has 0 amide bonds. The average molecular weight is 391 g/mol. The first-order valence-corrected chi connectivity index (χ1v) is 10.1. The number of rotatable bonds is 5. The van der Waals surface area contributed by atoms with Gasteiger partial charge in [0.2, 0.25) is 0 Å². The molecule has 142 valence electrons. The summed E-state index contributed by atoms with van der Waals surface area (Å²) >= 11 is 1.47. The van der Waals surface area contributed by atoms with Crippen LogP contribution in [0, 0.1) is 6.92 Å². The van der Waals surface area contributed by atoms with Crippen LogP contribution in [0.1, 0.15) is 23.6 Å². The molecule has 0 aliphatic rings. The third-order valence-electron chi connectivity index (χ3n) is 4.81. The summed E-state index contributed by atoms with van der Waals surface area (Å²) in [5.74, 6) is 0.910. The van der Waals surface area contributed by atoms with Gasteiger partial charge in [-0.2, -0.15) is 0 Å². The summed E-state index contributed by atoms with van der Waals surface area (Å²) in [6, 6.07) is 19.4. The van der Waals surface area contributed by atoms with Crippen molar-refractivity contribution >= 4 is 26.6 Å². The van der Waals surface area contributed by atoms with Crippen molar-refractivity contribution in [1.29, 1.82) is 0 Å². The lowest BCUT2D eigenvalue weighted by Gasteiger charge is -2.10. The lowest BCUT2D eigenvalue weighted by Crippen LogP contribution is -2.16. The van der Waals surface area contributed by atoms with E-state index in [-0.39, 0.29) is 5.56 Å². The lowest BCUT2D eigenvalue weighted by molar-refractivity contribution is 0.338. The molecule has 0 radical (unpaired) electrons. The minimum absolute atomic E-state index is 0.0524. The number of fused-ring (bicyclic) bond motifs is 1. The Morgan fingerprint density at radius 3 is 2.57 bits per heavy atom. The van der Waals surface area contributed by atoms with E-state index in [2.05, 4.69) is 19.1 Å². The summed E-state index contributed by atoms with van der Waals surface area (Å²) in [6.07, 6.45) is 0.714. The fourth-order valence-corrected chi connectivity index (χ4v) is 4.60. The van der Waals surface area contributed by atoms with E-state index in [0.29, 0.717) is 13.0 Å². The Kier molecular flexibility index (Phi) is 4.92. The molecule has 4 nitrogen and oxygen atoms in total. The summed E-state index contributed by atoms with van der Waals surface area (Å²) in [6.45, 7) is 4.69. The molecule has 0 aliphatic heterocycles. The molecule has 28 heavy (non-hydrogen) atoms. The Hall–Kier alpha value is -3.05. The number of pyridine rings is 1.